The molecule has 6 rings (SSSR count). The van der Waals surface area contributed by atoms with Gasteiger partial charge in [-0.05, 0) is 70.4 Å². The fourth-order valence-corrected chi connectivity index (χ4v) is 10.1. The van der Waals surface area contributed by atoms with E-state index in [2.05, 4.69) is 51.9 Å². The minimum atomic E-state index is -1.49. The molecule has 5 heterocycles. The maximum Gasteiger partial charge on any atom is 0.320 e. The van der Waals surface area contributed by atoms with E-state index in [1.165, 1.54) is 6.08 Å². The number of piperazine rings is 1. The van der Waals surface area contributed by atoms with Gasteiger partial charge in [-0.1, -0.05) is 34.3 Å². The summed E-state index contributed by atoms with van der Waals surface area (Å²) in [4.78, 5) is 61.1. The van der Waals surface area contributed by atoms with Crippen LogP contribution in [0.4, 0.5) is 13.6 Å². The molecule has 5 saturated heterocycles. The van der Waals surface area contributed by atoms with E-state index in [0.717, 1.165) is 0 Å². The third-order valence-electron chi connectivity index (χ3n) is 12.6. The highest BCUT2D eigenvalue weighted by Gasteiger charge is 2.58. The molecule has 5 amide bonds. The van der Waals surface area contributed by atoms with Crippen molar-refractivity contribution in [2.75, 3.05) is 19.6 Å². The van der Waals surface area contributed by atoms with Crippen LogP contribution < -0.4 is 26.6 Å². The van der Waals surface area contributed by atoms with Crippen LogP contribution in [0.2, 0.25) is 0 Å². The van der Waals surface area contributed by atoms with E-state index in [1.807, 2.05) is 27.7 Å². The van der Waals surface area contributed by atoms with Gasteiger partial charge in [0.2, 0.25) is 17.7 Å². The molecule has 6 fully saturated rings. The number of fused-ring (bicyclic) bond motifs is 5. The maximum atomic E-state index is 16.9. The summed E-state index contributed by atoms with van der Waals surface area (Å²) in [5.41, 5.74) is 0. The summed E-state index contributed by atoms with van der Waals surface area (Å²) < 4.78 is 33.1. The van der Waals surface area contributed by atoms with E-state index in [4.69, 9.17) is 0 Å². The predicted octanol–water partition coefficient (Wildman–Crippen LogP) is 1.87. The molecule has 5 aliphatic heterocycles. The standard InChI is InChI=1S/C36H58F2N8O4/c1-8-26(47)44-15-20(7)45(16-19(44)6)32-22-14-24(38)30-27-21(10-9-11-23(27)37)34(48)42-29(18(4)5)35(49)40-25-12-13-39-28(17(2)3)31(25)46(33(22)41-30)36(50)43-32/h8,17-25,27-33,39,41H,1,9-16H2,2-7H3,(H,40,49)(H,42,48)(H,43,50)/t19-,20+,21?,22?,23?,24?,25?,27?,28?,29?,30?,31?,32?,33?/m1/s1. The van der Waals surface area contributed by atoms with Crippen molar-refractivity contribution in [3.05, 3.63) is 12.7 Å². The molecule has 1 aliphatic carbocycles. The summed E-state index contributed by atoms with van der Waals surface area (Å²) in [6.07, 6.45) is -1.17. The Morgan fingerprint density at radius 1 is 0.900 bits per heavy atom. The molecule has 2 bridgehead atoms. The lowest BCUT2D eigenvalue weighted by Crippen LogP contribution is -2.81. The minimum absolute atomic E-state index is 0.0480. The van der Waals surface area contributed by atoms with E-state index in [1.54, 1.807) is 9.80 Å². The first-order chi connectivity index (χ1) is 23.7. The topological polar surface area (TPSA) is 138 Å². The highest BCUT2D eigenvalue weighted by molar-refractivity contribution is 5.89. The number of carbonyl (C=O) groups is 4. The Hall–Kier alpha value is -2.84. The second kappa shape index (κ2) is 14.7. The van der Waals surface area contributed by atoms with Gasteiger partial charge < -0.3 is 31.1 Å². The zero-order valence-corrected chi connectivity index (χ0v) is 30.4. The lowest BCUT2D eigenvalue weighted by Gasteiger charge is -2.60. The van der Waals surface area contributed by atoms with Gasteiger partial charge in [-0.2, -0.15) is 0 Å². The normalized spacial score (nSPS) is 43.0. The summed E-state index contributed by atoms with van der Waals surface area (Å²) >= 11 is 0. The Labute approximate surface area is 295 Å². The summed E-state index contributed by atoms with van der Waals surface area (Å²) in [6, 6.07) is -3.73. The van der Waals surface area contributed by atoms with Crippen LogP contribution in [-0.2, 0) is 14.4 Å². The number of nitrogens with one attached hydrogen (secondary N) is 5. The number of hydrogen-bond acceptors (Lipinski definition) is 7. The van der Waals surface area contributed by atoms with Gasteiger partial charge in [-0.15, -0.1) is 0 Å². The summed E-state index contributed by atoms with van der Waals surface area (Å²) in [6.45, 7) is 17.0. The average Bonchev–Trinajstić information content (AvgIpc) is 3.07. The fourth-order valence-electron chi connectivity index (χ4n) is 10.1. The number of urea groups is 1. The number of hydrogen-bond donors (Lipinski definition) is 5. The van der Waals surface area contributed by atoms with Crippen molar-refractivity contribution in [2.45, 2.75) is 141 Å². The number of halogens is 2. The van der Waals surface area contributed by atoms with Gasteiger partial charge in [0.05, 0.1) is 24.4 Å². The van der Waals surface area contributed by atoms with E-state index < -0.39 is 72.5 Å². The van der Waals surface area contributed by atoms with Crippen LogP contribution in [0, 0.1) is 29.6 Å². The first kappa shape index (κ1) is 36.9. The quantitative estimate of drug-likeness (QED) is 0.282. The van der Waals surface area contributed by atoms with E-state index in [0.29, 0.717) is 38.9 Å². The highest BCUT2D eigenvalue weighted by atomic mass is 19.1. The number of rotatable bonds is 4. The Balaban J connectivity index is 1.45. The molecule has 5 N–H and O–H groups in total. The lowest BCUT2D eigenvalue weighted by molar-refractivity contribution is -0.138. The summed E-state index contributed by atoms with van der Waals surface area (Å²) in [7, 11) is 0. The number of carbonyl (C=O) groups excluding carboxylic acids is 4. The van der Waals surface area contributed by atoms with Crippen LogP contribution in [0.1, 0.15) is 73.6 Å². The predicted molar refractivity (Wildman–Crippen MR) is 185 cm³/mol. The molecule has 12 unspecified atom stereocenters. The molecule has 0 aromatic carbocycles. The molecule has 6 aliphatic rings. The Morgan fingerprint density at radius 3 is 2.32 bits per heavy atom. The van der Waals surface area contributed by atoms with Gasteiger partial charge in [-0.25, -0.2) is 13.6 Å². The highest BCUT2D eigenvalue weighted by Crippen LogP contribution is 2.43. The van der Waals surface area contributed by atoms with E-state index in [9.17, 15) is 19.2 Å². The van der Waals surface area contributed by atoms with Crippen molar-refractivity contribution < 1.29 is 28.0 Å². The second-order valence-corrected chi connectivity index (χ2v) is 16.4. The molecule has 0 aromatic heterocycles. The molecule has 12 nitrogen and oxygen atoms in total. The van der Waals surface area contributed by atoms with Crippen molar-refractivity contribution >= 4 is 23.8 Å². The van der Waals surface area contributed by atoms with Crippen LogP contribution >= 0.6 is 0 Å². The summed E-state index contributed by atoms with van der Waals surface area (Å²) in [5.74, 6) is -3.35. The molecule has 14 atom stereocenters. The number of piperidine rings is 2. The smallest absolute Gasteiger partial charge is 0.320 e. The Kier molecular flexibility index (Phi) is 10.8. The van der Waals surface area contributed by atoms with Gasteiger partial charge in [0.1, 0.15) is 18.4 Å². The number of nitrogens with zero attached hydrogens (tertiary/aromatic N) is 3. The zero-order valence-electron chi connectivity index (χ0n) is 30.4. The minimum Gasteiger partial charge on any atom is -0.349 e. The molecule has 14 heteroatoms. The molecular weight excluding hydrogens is 646 g/mol. The maximum absolute atomic E-state index is 16.9. The third kappa shape index (κ3) is 6.64. The van der Waals surface area contributed by atoms with Crippen molar-refractivity contribution in [1.82, 2.24) is 41.3 Å². The van der Waals surface area contributed by atoms with Gasteiger partial charge in [0.25, 0.3) is 0 Å². The van der Waals surface area contributed by atoms with Crippen LogP contribution in [0.3, 0.4) is 0 Å². The fraction of sp³-hybridized carbons (Fsp3) is 0.833. The molecule has 50 heavy (non-hydrogen) atoms. The van der Waals surface area contributed by atoms with E-state index in [-0.39, 0.29) is 60.6 Å². The van der Waals surface area contributed by atoms with Crippen LogP contribution in [-0.4, -0.2) is 125 Å². The summed E-state index contributed by atoms with van der Waals surface area (Å²) in [5, 5.41) is 16.6. The molecular formula is C36H58F2N8O4. The zero-order chi connectivity index (χ0) is 36.2. The van der Waals surface area contributed by atoms with Gasteiger partial charge in [0.15, 0.2) is 0 Å². The number of amides is 5. The first-order valence-corrected chi connectivity index (χ1v) is 18.9. The molecule has 0 aromatic rings. The molecule has 0 spiro atoms. The van der Waals surface area contributed by atoms with Crippen molar-refractivity contribution in [3.8, 4) is 0 Å². The van der Waals surface area contributed by atoms with E-state index >= 15 is 8.78 Å². The van der Waals surface area contributed by atoms with Crippen LogP contribution in [0.15, 0.2) is 12.7 Å². The molecule has 280 valence electrons. The van der Waals surface area contributed by atoms with Gasteiger partial charge in [-0.3, -0.25) is 24.6 Å². The van der Waals surface area contributed by atoms with Crippen LogP contribution in [0.25, 0.3) is 0 Å². The largest absolute Gasteiger partial charge is 0.349 e. The average molecular weight is 705 g/mol. The lowest BCUT2D eigenvalue weighted by atomic mass is 9.69. The number of alkyl halides is 2. The third-order valence-corrected chi connectivity index (χ3v) is 12.6. The SMILES string of the molecule is C=CC(=O)N1C[C@H](C)N(C2NC(=O)N3C4NC(C(F)CC42)C2C(F)CCCC2C(=O)NC(C(C)C)C(=O)NC2CCNC(C(C)C)C23)C[C@H]1C. The van der Waals surface area contributed by atoms with Crippen LogP contribution in [0.5, 0.6) is 0 Å². The van der Waals surface area contributed by atoms with Gasteiger partial charge >= 0.3 is 6.03 Å². The van der Waals surface area contributed by atoms with Crippen molar-refractivity contribution in [1.29, 1.82) is 0 Å². The second-order valence-electron chi connectivity index (χ2n) is 16.4. The Bertz CT molecular complexity index is 1320. The van der Waals surface area contributed by atoms with Crippen molar-refractivity contribution in [3.63, 3.8) is 0 Å². The van der Waals surface area contributed by atoms with Gasteiger partial charge in [0, 0.05) is 55.0 Å². The van der Waals surface area contributed by atoms with Crippen molar-refractivity contribution in [2.24, 2.45) is 29.6 Å². The first-order valence-electron chi connectivity index (χ1n) is 18.9. The molecule has 0 radical (unpaired) electrons. The molecule has 1 saturated carbocycles. The monoisotopic (exact) mass is 704 g/mol. The Morgan fingerprint density at radius 2 is 1.64 bits per heavy atom.